The molecule has 0 radical (unpaired) electrons. The molecular weight excluding hydrogens is 276 g/mol. The van der Waals surface area contributed by atoms with Gasteiger partial charge in [-0.05, 0) is 16.7 Å². The fourth-order valence-electron chi connectivity index (χ4n) is 3.71. The van der Waals surface area contributed by atoms with Crippen LogP contribution in [-0.2, 0) is 26.3 Å². The second-order valence-electron chi connectivity index (χ2n) is 6.21. The Morgan fingerprint density at radius 2 is 1.86 bits per heavy atom. The highest BCUT2D eigenvalue weighted by atomic mass is 16.5. The smallest absolute Gasteiger partial charge is 0.307 e. The number of carbonyl (C=O) groups excluding carboxylic acids is 1. The van der Waals surface area contributed by atoms with Gasteiger partial charge in [0.05, 0.1) is 19.6 Å². The molecule has 0 N–H and O–H groups in total. The number of carbonyl (C=O) groups is 1. The number of esters is 1. The van der Waals surface area contributed by atoms with Crippen molar-refractivity contribution in [3.8, 4) is 0 Å². The molecule has 2 aliphatic rings. The third-order valence-corrected chi connectivity index (χ3v) is 4.70. The van der Waals surface area contributed by atoms with Crippen LogP contribution in [0.25, 0.3) is 0 Å². The standard InChI is InChI=1S/C19H18O3/c20-18-11-19(13-21-12-14-6-2-1-3-7-14)10-17(22-18)15-8-4-5-9-16(15)19/h1-9,17H,10-13H2/t17?,19-/m0/s1. The van der Waals surface area contributed by atoms with E-state index < -0.39 is 0 Å². The van der Waals surface area contributed by atoms with Crippen molar-refractivity contribution in [2.24, 2.45) is 0 Å². The molecule has 1 aliphatic heterocycles. The Hall–Kier alpha value is -2.13. The van der Waals surface area contributed by atoms with E-state index in [0.29, 0.717) is 19.6 Å². The van der Waals surface area contributed by atoms with Gasteiger partial charge in [-0.15, -0.1) is 0 Å². The summed E-state index contributed by atoms with van der Waals surface area (Å²) in [5, 5.41) is 0. The first-order valence-electron chi connectivity index (χ1n) is 7.67. The largest absolute Gasteiger partial charge is 0.457 e. The number of benzene rings is 2. The molecule has 3 nitrogen and oxygen atoms in total. The summed E-state index contributed by atoms with van der Waals surface area (Å²) in [5.41, 5.74) is 3.31. The zero-order chi connectivity index (χ0) is 15.0. The van der Waals surface area contributed by atoms with Crippen molar-refractivity contribution < 1.29 is 14.3 Å². The molecule has 0 spiro atoms. The van der Waals surface area contributed by atoms with Gasteiger partial charge in [-0.25, -0.2) is 0 Å². The molecule has 0 amide bonds. The Morgan fingerprint density at radius 1 is 1.09 bits per heavy atom. The Balaban J connectivity index is 1.55. The van der Waals surface area contributed by atoms with Crippen molar-refractivity contribution in [3.05, 3.63) is 71.3 Å². The Morgan fingerprint density at radius 3 is 2.73 bits per heavy atom. The van der Waals surface area contributed by atoms with E-state index in [1.807, 2.05) is 30.3 Å². The molecule has 1 heterocycles. The molecule has 2 aromatic rings. The van der Waals surface area contributed by atoms with Crippen molar-refractivity contribution >= 4 is 5.97 Å². The Labute approximate surface area is 129 Å². The normalized spacial score (nSPS) is 25.6. The summed E-state index contributed by atoms with van der Waals surface area (Å²) in [4.78, 5) is 12.0. The fraction of sp³-hybridized carbons (Fsp3) is 0.316. The van der Waals surface area contributed by atoms with Gasteiger partial charge in [0.1, 0.15) is 6.10 Å². The van der Waals surface area contributed by atoms with E-state index in [9.17, 15) is 4.79 Å². The minimum atomic E-state index is -0.217. The summed E-state index contributed by atoms with van der Waals surface area (Å²) in [6.07, 6.45) is 1.15. The first kappa shape index (κ1) is 13.5. The highest BCUT2D eigenvalue weighted by molar-refractivity contribution is 5.75. The first-order valence-corrected chi connectivity index (χ1v) is 7.67. The fourth-order valence-corrected chi connectivity index (χ4v) is 3.71. The second kappa shape index (κ2) is 5.25. The molecule has 1 unspecified atom stereocenters. The van der Waals surface area contributed by atoms with E-state index in [1.165, 1.54) is 5.56 Å². The maximum absolute atomic E-state index is 12.0. The van der Waals surface area contributed by atoms with Crippen LogP contribution in [0.1, 0.15) is 35.6 Å². The van der Waals surface area contributed by atoms with E-state index in [2.05, 4.69) is 24.3 Å². The average Bonchev–Trinajstić information content (AvgIpc) is 2.77. The predicted molar refractivity (Wildman–Crippen MR) is 82.3 cm³/mol. The lowest BCUT2D eigenvalue weighted by atomic mass is 9.78. The highest BCUT2D eigenvalue weighted by Gasteiger charge is 2.50. The van der Waals surface area contributed by atoms with Crippen LogP contribution >= 0.6 is 0 Å². The van der Waals surface area contributed by atoms with Crippen molar-refractivity contribution in [2.45, 2.75) is 31.0 Å². The Bertz CT molecular complexity index is 695. The molecule has 2 aromatic carbocycles. The average molecular weight is 294 g/mol. The molecule has 1 fully saturated rings. The molecule has 1 saturated heterocycles. The van der Waals surface area contributed by atoms with Crippen LogP contribution in [0.5, 0.6) is 0 Å². The third kappa shape index (κ3) is 2.22. The molecule has 0 saturated carbocycles. The van der Waals surface area contributed by atoms with Crippen LogP contribution in [0, 0.1) is 0 Å². The van der Waals surface area contributed by atoms with Gasteiger partial charge >= 0.3 is 5.97 Å². The van der Waals surface area contributed by atoms with Gasteiger partial charge in [0.15, 0.2) is 0 Å². The summed E-state index contributed by atoms with van der Waals surface area (Å²) in [7, 11) is 0. The SMILES string of the molecule is O=C1C[C@]2(COCc3ccccc3)CC(O1)c1ccccc12. The maximum Gasteiger partial charge on any atom is 0.307 e. The molecular formula is C19H18O3. The number of ether oxygens (including phenoxy) is 2. The third-order valence-electron chi connectivity index (χ3n) is 4.70. The molecule has 1 aliphatic carbocycles. The van der Waals surface area contributed by atoms with E-state index in [4.69, 9.17) is 9.47 Å². The van der Waals surface area contributed by atoms with Crippen LogP contribution < -0.4 is 0 Å². The van der Waals surface area contributed by atoms with Crippen molar-refractivity contribution in [3.63, 3.8) is 0 Å². The van der Waals surface area contributed by atoms with Gasteiger partial charge in [-0.3, -0.25) is 4.79 Å². The van der Waals surface area contributed by atoms with Crippen LogP contribution in [0.15, 0.2) is 54.6 Å². The molecule has 3 heteroatoms. The highest BCUT2D eigenvalue weighted by Crippen LogP contribution is 2.52. The molecule has 112 valence electrons. The zero-order valence-corrected chi connectivity index (χ0v) is 12.3. The molecule has 0 aromatic heterocycles. The summed E-state index contributed by atoms with van der Waals surface area (Å²) >= 11 is 0. The van der Waals surface area contributed by atoms with Crippen LogP contribution in [-0.4, -0.2) is 12.6 Å². The van der Waals surface area contributed by atoms with Gasteiger partial charge in [-0.1, -0.05) is 54.6 Å². The number of hydrogen-bond acceptors (Lipinski definition) is 3. The van der Waals surface area contributed by atoms with E-state index in [-0.39, 0.29) is 17.5 Å². The lowest BCUT2D eigenvalue weighted by molar-refractivity contribution is -0.158. The first-order chi connectivity index (χ1) is 10.8. The van der Waals surface area contributed by atoms with Crippen LogP contribution in [0.3, 0.4) is 0 Å². The van der Waals surface area contributed by atoms with Gasteiger partial charge in [0.2, 0.25) is 0 Å². The topological polar surface area (TPSA) is 35.5 Å². The minimum Gasteiger partial charge on any atom is -0.457 e. The Kier molecular flexibility index (Phi) is 3.23. The minimum absolute atomic E-state index is 0.0993. The number of hydrogen-bond donors (Lipinski definition) is 0. The lowest BCUT2D eigenvalue weighted by Crippen LogP contribution is -2.36. The summed E-state index contributed by atoms with van der Waals surface area (Å²) in [6.45, 7) is 1.13. The van der Waals surface area contributed by atoms with E-state index in [1.54, 1.807) is 0 Å². The lowest BCUT2D eigenvalue weighted by Gasteiger charge is -2.32. The molecule has 22 heavy (non-hydrogen) atoms. The maximum atomic E-state index is 12.0. The van der Waals surface area contributed by atoms with Crippen molar-refractivity contribution in [1.82, 2.24) is 0 Å². The predicted octanol–water partition coefficient (Wildman–Crippen LogP) is 3.53. The zero-order valence-electron chi connectivity index (χ0n) is 12.3. The molecule has 4 rings (SSSR count). The summed E-state index contributed by atoms with van der Waals surface area (Å²) in [6, 6.07) is 18.3. The van der Waals surface area contributed by atoms with E-state index in [0.717, 1.165) is 17.5 Å². The monoisotopic (exact) mass is 294 g/mol. The van der Waals surface area contributed by atoms with Gasteiger partial charge < -0.3 is 9.47 Å². The van der Waals surface area contributed by atoms with Crippen LogP contribution in [0.2, 0.25) is 0 Å². The van der Waals surface area contributed by atoms with Crippen molar-refractivity contribution in [2.75, 3.05) is 6.61 Å². The van der Waals surface area contributed by atoms with E-state index >= 15 is 0 Å². The van der Waals surface area contributed by atoms with Crippen molar-refractivity contribution in [1.29, 1.82) is 0 Å². The number of rotatable bonds is 4. The van der Waals surface area contributed by atoms with Gasteiger partial charge in [-0.2, -0.15) is 0 Å². The van der Waals surface area contributed by atoms with Gasteiger partial charge in [0, 0.05) is 11.8 Å². The molecule has 2 atom stereocenters. The number of fused-ring (bicyclic) bond motifs is 5. The van der Waals surface area contributed by atoms with Gasteiger partial charge in [0.25, 0.3) is 0 Å². The summed E-state index contributed by atoms with van der Waals surface area (Å²) < 4.78 is 11.5. The van der Waals surface area contributed by atoms with Crippen LogP contribution in [0.4, 0.5) is 0 Å². The second-order valence-corrected chi connectivity index (χ2v) is 6.21. The molecule has 2 bridgehead atoms. The summed E-state index contributed by atoms with van der Waals surface area (Å²) in [5.74, 6) is -0.115. The quantitative estimate of drug-likeness (QED) is 0.809.